The molecule has 0 aromatic carbocycles. The molecule has 0 unspecified atom stereocenters. The van der Waals surface area contributed by atoms with E-state index < -0.39 is 11.7 Å². The van der Waals surface area contributed by atoms with Crippen molar-refractivity contribution in [3.8, 4) is 5.75 Å². The molecule has 4 rings (SSSR count). The molecule has 0 N–H and O–H groups in total. The van der Waals surface area contributed by atoms with E-state index in [-0.39, 0.29) is 41.2 Å². The molecule has 2 aliphatic rings. The maximum Gasteiger partial charge on any atom is 0.420 e. The van der Waals surface area contributed by atoms with E-state index in [9.17, 15) is 22.8 Å². The number of hydrogen-bond acceptors (Lipinski definition) is 5. The van der Waals surface area contributed by atoms with Gasteiger partial charge >= 0.3 is 12.2 Å². The van der Waals surface area contributed by atoms with E-state index in [1.54, 1.807) is 4.90 Å². The summed E-state index contributed by atoms with van der Waals surface area (Å²) in [5.41, 5.74) is -0.607. The second-order valence-corrected chi connectivity index (χ2v) is 7.49. The third-order valence-corrected chi connectivity index (χ3v) is 5.51. The number of Topliss-reactive ketones (excluding diaryl/α,β-unsaturated/α-hetero) is 1. The molecule has 10 heteroatoms. The number of hydrogen-bond donors (Lipinski definition) is 0. The molecule has 1 aliphatic carbocycles. The number of ketones is 1. The molecule has 3 atom stereocenters. The first-order valence-electron chi connectivity index (χ1n) is 9.26. The van der Waals surface area contributed by atoms with Crippen LogP contribution in [0.25, 0.3) is 0 Å². The Labute approximate surface area is 164 Å². The quantitative estimate of drug-likeness (QED) is 0.729. The summed E-state index contributed by atoms with van der Waals surface area (Å²) < 4.78 is 46.2. The van der Waals surface area contributed by atoms with Gasteiger partial charge in [-0.3, -0.25) is 9.78 Å². The Kier molecular flexibility index (Phi) is 4.79. The largest absolute Gasteiger partial charge is 0.488 e. The Morgan fingerprint density at radius 1 is 1.17 bits per heavy atom. The summed E-state index contributed by atoms with van der Waals surface area (Å²) in [6.45, 7) is 2.35. The van der Waals surface area contributed by atoms with Gasteiger partial charge in [-0.2, -0.15) is 23.0 Å². The first kappa shape index (κ1) is 19.4. The predicted molar refractivity (Wildman–Crippen MR) is 94.5 cm³/mol. The van der Waals surface area contributed by atoms with Gasteiger partial charge < -0.3 is 9.64 Å². The molecule has 154 valence electrons. The van der Waals surface area contributed by atoms with Gasteiger partial charge in [0.05, 0.1) is 12.3 Å². The lowest BCUT2D eigenvalue weighted by Crippen LogP contribution is -2.34. The molecule has 1 saturated carbocycles. The van der Waals surface area contributed by atoms with Crippen molar-refractivity contribution in [2.75, 3.05) is 13.1 Å². The minimum absolute atomic E-state index is 0.151. The lowest BCUT2D eigenvalue weighted by atomic mass is 10.0. The lowest BCUT2D eigenvalue weighted by molar-refractivity contribution is -0.139. The monoisotopic (exact) mass is 408 g/mol. The fourth-order valence-electron chi connectivity index (χ4n) is 4.15. The van der Waals surface area contributed by atoms with E-state index in [1.165, 1.54) is 19.2 Å². The van der Waals surface area contributed by atoms with E-state index in [4.69, 9.17) is 4.74 Å². The summed E-state index contributed by atoms with van der Waals surface area (Å²) in [4.78, 5) is 29.3. The van der Waals surface area contributed by atoms with E-state index in [1.807, 2.05) is 0 Å². The highest BCUT2D eigenvalue weighted by Gasteiger charge is 2.44. The molecular formula is C19H19F3N4O3. The van der Waals surface area contributed by atoms with Gasteiger partial charge in [0.15, 0.2) is 5.78 Å². The van der Waals surface area contributed by atoms with Gasteiger partial charge in [-0.1, -0.05) is 0 Å². The number of fused-ring (bicyclic) bond motifs is 1. The number of ether oxygens (including phenoxy) is 1. The van der Waals surface area contributed by atoms with Crippen LogP contribution in [-0.4, -0.2) is 50.7 Å². The Balaban J connectivity index is 1.38. The van der Waals surface area contributed by atoms with Crippen molar-refractivity contribution in [2.45, 2.75) is 32.0 Å². The van der Waals surface area contributed by atoms with Gasteiger partial charge in [0, 0.05) is 32.4 Å². The minimum atomic E-state index is -4.50. The van der Waals surface area contributed by atoms with Crippen LogP contribution in [-0.2, 0) is 6.18 Å². The van der Waals surface area contributed by atoms with Crippen LogP contribution < -0.4 is 4.74 Å². The summed E-state index contributed by atoms with van der Waals surface area (Å²) >= 11 is 0. The van der Waals surface area contributed by atoms with Gasteiger partial charge in [-0.25, -0.2) is 4.79 Å². The second kappa shape index (κ2) is 7.16. The minimum Gasteiger partial charge on any atom is -0.488 e. The molecule has 0 spiro atoms. The van der Waals surface area contributed by atoms with Crippen molar-refractivity contribution in [3.63, 3.8) is 0 Å². The van der Waals surface area contributed by atoms with E-state index in [0.29, 0.717) is 25.9 Å². The molecule has 1 aliphatic heterocycles. The summed E-state index contributed by atoms with van der Waals surface area (Å²) in [5.74, 6) is -0.176. The lowest BCUT2D eigenvalue weighted by Gasteiger charge is -2.21. The van der Waals surface area contributed by atoms with Gasteiger partial charge in [-0.05, 0) is 36.8 Å². The van der Waals surface area contributed by atoms with Gasteiger partial charge in [0.1, 0.15) is 17.0 Å². The third-order valence-electron chi connectivity index (χ3n) is 5.51. The Hall–Kier alpha value is -2.91. The standard InChI is InChI=1S/C19H19F3N4O3/c1-11(27)16-3-5-26(24-16)18(28)25-9-12-6-14(7-13(12)10-25)29-17-8-23-4-2-15(17)19(20,21)22/h2-5,8,12-14H,6-7,9-10H2,1H3/t12-,13+,14+. The zero-order valence-corrected chi connectivity index (χ0v) is 15.6. The molecule has 2 fully saturated rings. The highest BCUT2D eigenvalue weighted by atomic mass is 19.4. The number of aromatic nitrogens is 3. The number of likely N-dealkylation sites (tertiary alicyclic amines) is 1. The average Bonchev–Trinajstić information content (AvgIpc) is 3.35. The van der Waals surface area contributed by atoms with Gasteiger partial charge in [0.2, 0.25) is 0 Å². The maximum atomic E-state index is 13.1. The topological polar surface area (TPSA) is 77.3 Å². The highest BCUT2D eigenvalue weighted by molar-refractivity contribution is 5.92. The second-order valence-electron chi connectivity index (χ2n) is 7.49. The number of carbonyl (C=O) groups excluding carboxylic acids is 2. The number of alkyl halides is 3. The Bertz CT molecular complexity index is 929. The Morgan fingerprint density at radius 2 is 1.86 bits per heavy atom. The molecule has 7 nitrogen and oxygen atoms in total. The predicted octanol–water partition coefficient (Wildman–Crippen LogP) is 3.26. The van der Waals surface area contributed by atoms with Crippen LogP contribution in [0.1, 0.15) is 35.8 Å². The van der Waals surface area contributed by atoms with Crippen molar-refractivity contribution in [1.29, 1.82) is 0 Å². The van der Waals surface area contributed by atoms with Gasteiger partial charge in [-0.15, -0.1) is 0 Å². The normalized spacial score (nSPS) is 23.9. The molecule has 0 bridgehead atoms. The SMILES string of the molecule is CC(=O)c1ccn(C(=O)N2C[C@H]3C[C@H](Oc4cnccc4C(F)(F)F)C[C@H]3C2)n1. The van der Waals surface area contributed by atoms with Gasteiger partial charge in [0.25, 0.3) is 0 Å². The zero-order valence-electron chi connectivity index (χ0n) is 15.6. The molecule has 3 heterocycles. The molecular weight excluding hydrogens is 389 g/mol. The van der Waals surface area contributed by atoms with Crippen LogP contribution in [0.2, 0.25) is 0 Å². The number of rotatable bonds is 3. The number of halogens is 3. The van der Waals surface area contributed by atoms with E-state index >= 15 is 0 Å². The van der Waals surface area contributed by atoms with Crippen LogP contribution in [0.3, 0.4) is 0 Å². The maximum absolute atomic E-state index is 13.1. The average molecular weight is 408 g/mol. The fourth-order valence-corrected chi connectivity index (χ4v) is 4.15. The van der Waals surface area contributed by atoms with Crippen molar-refractivity contribution in [1.82, 2.24) is 19.7 Å². The van der Waals surface area contributed by atoms with Crippen molar-refractivity contribution in [2.24, 2.45) is 11.8 Å². The number of carbonyl (C=O) groups is 2. The number of amides is 1. The van der Waals surface area contributed by atoms with Crippen LogP contribution in [0.15, 0.2) is 30.7 Å². The first-order valence-corrected chi connectivity index (χ1v) is 9.26. The zero-order chi connectivity index (χ0) is 20.8. The third kappa shape index (κ3) is 3.83. The van der Waals surface area contributed by atoms with E-state index in [0.717, 1.165) is 23.1 Å². The first-order chi connectivity index (χ1) is 13.7. The fraction of sp³-hybridized carbons (Fsp3) is 0.474. The van der Waals surface area contributed by atoms with Crippen molar-refractivity contribution >= 4 is 11.8 Å². The molecule has 1 saturated heterocycles. The summed E-state index contributed by atoms with van der Waals surface area (Å²) in [7, 11) is 0. The highest BCUT2D eigenvalue weighted by Crippen LogP contribution is 2.42. The van der Waals surface area contributed by atoms with Crippen LogP contribution in [0, 0.1) is 11.8 Å². The summed E-state index contributed by atoms with van der Waals surface area (Å²) in [6.07, 6.45) is -0.0661. The number of nitrogens with zero attached hydrogens (tertiary/aromatic N) is 4. The molecule has 0 radical (unpaired) electrons. The van der Waals surface area contributed by atoms with Crippen LogP contribution >= 0.6 is 0 Å². The van der Waals surface area contributed by atoms with Crippen LogP contribution in [0.5, 0.6) is 5.75 Å². The molecule has 2 aromatic rings. The summed E-state index contributed by atoms with van der Waals surface area (Å²) in [5, 5.41) is 3.99. The van der Waals surface area contributed by atoms with Crippen LogP contribution in [0.4, 0.5) is 18.0 Å². The van der Waals surface area contributed by atoms with E-state index in [2.05, 4.69) is 10.1 Å². The smallest absolute Gasteiger partial charge is 0.420 e. The molecule has 2 aromatic heterocycles. The van der Waals surface area contributed by atoms with Crippen molar-refractivity contribution < 1.29 is 27.5 Å². The summed E-state index contributed by atoms with van der Waals surface area (Å²) in [6, 6.07) is 2.09. The molecule has 1 amide bonds. The number of pyridine rings is 1. The van der Waals surface area contributed by atoms with Crippen molar-refractivity contribution in [3.05, 3.63) is 42.0 Å². The Morgan fingerprint density at radius 3 is 2.45 bits per heavy atom. The molecule has 29 heavy (non-hydrogen) atoms.